The van der Waals surface area contributed by atoms with Crippen molar-refractivity contribution in [1.29, 1.82) is 0 Å². The number of pyridine rings is 1. The molecular formula is C29H25N2O3Pt-. The molecule has 0 unspecified atom stereocenters. The average Bonchev–Trinajstić information content (AvgIpc) is 3.25. The molecule has 1 aliphatic carbocycles. The molecule has 1 N–H and O–H groups in total. The van der Waals surface area contributed by atoms with Gasteiger partial charge in [-0.15, -0.1) is 18.2 Å². The van der Waals surface area contributed by atoms with Crippen molar-refractivity contribution in [3.8, 4) is 17.4 Å². The minimum absolute atomic E-state index is 0. The summed E-state index contributed by atoms with van der Waals surface area (Å²) in [6, 6.07) is 26.7. The first-order valence-corrected chi connectivity index (χ1v) is 11.6. The predicted molar refractivity (Wildman–Crippen MR) is 132 cm³/mol. The number of hydrogen-bond acceptors (Lipinski definition) is 5. The van der Waals surface area contributed by atoms with Gasteiger partial charge in [0, 0.05) is 43.7 Å². The fraction of sp³-hybridized carbons (Fsp3) is 0.241. The first kappa shape index (κ1) is 23.6. The van der Waals surface area contributed by atoms with E-state index in [0.717, 1.165) is 23.8 Å². The minimum atomic E-state index is -0.159. The van der Waals surface area contributed by atoms with Gasteiger partial charge in [0.05, 0.1) is 6.04 Å². The largest absolute Gasteiger partial charge is 0.514 e. The molecule has 0 saturated heterocycles. The second-order valence-electron chi connectivity index (χ2n) is 9.49. The second kappa shape index (κ2) is 9.12. The Morgan fingerprint density at radius 2 is 1.83 bits per heavy atom. The zero-order valence-electron chi connectivity index (χ0n) is 19.5. The van der Waals surface area contributed by atoms with E-state index in [4.69, 9.17) is 14.5 Å². The number of fused-ring (bicyclic) bond motifs is 3. The number of aromatic hydroxyl groups is 1. The Kier molecular flexibility index (Phi) is 6.14. The summed E-state index contributed by atoms with van der Waals surface area (Å²) in [7, 11) is 0. The van der Waals surface area contributed by atoms with Crippen LogP contribution >= 0.6 is 0 Å². The van der Waals surface area contributed by atoms with Gasteiger partial charge in [-0.1, -0.05) is 61.9 Å². The number of aliphatic imine (C=N–C) groups is 1. The van der Waals surface area contributed by atoms with Crippen LogP contribution in [-0.2, 0) is 37.6 Å². The van der Waals surface area contributed by atoms with Crippen LogP contribution < -0.4 is 4.74 Å². The van der Waals surface area contributed by atoms with Crippen LogP contribution in [0.25, 0.3) is 10.9 Å². The minimum Gasteiger partial charge on any atom is -0.514 e. The maximum Gasteiger partial charge on any atom is 0.217 e. The van der Waals surface area contributed by atoms with Crippen molar-refractivity contribution in [1.82, 2.24) is 4.98 Å². The first-order valence-electron chi connectivity index (χ1n) is 11.6. The molecule has 1 aromatic heterocycles. The van der Waals surface area contributed by atoms with Crippen LogP contribution in [0.4, 0.5) is 0 Å². The van der Waals surface area contributed by atoms with E-state index in [1.165, 1.54) is 11.1 Å². The molecule has 2 heterocycles. The van der Waals surface area contributed by atoms with Crippen LogP contribution in [0.1, 0.15) is 37.0 Å². The fourth-order valence-corrected chi connectivity index (χ4v) is 5.16. The van der Waals surface area contributed by atoms with Gasteiger partial charge in [0.25, 0.3) is 0 Å². The molecule has 6 rings (SSSR count). The molecule has 0 bridgehead atoms. The monoisotopic (exact) mass is 644 g/mol. The number of para-hydroxylation sites is 1. The van der Waals surface area contributed by atoms with Gasteiger partial charge in [-0.3, -0.25) is 4.99 Å². The summed E-state index contributed by atoms with van der Waals surface area (Å²) in [6.45, 7) is 4.49. The molecule has 4 aromatic rings. The number of aromatic nitrogens is 1. The summed E-state index contributed by atoms with van der Waals surface area (Å²) >= 11 is 0. The molecule has 5 nitrogen and oxygen atoms in total. The molecule has 1 aliphatic heterocycles. The normalized spacial score (nSPS) is 20.0. The number of hydrogen-bond donors (Lipinski definition) is 1. The molecule has 0 saturated carbocycles. The van der Waals surface area contributed by atoms with Crippen molar-refractivity contribution >= 4 is 16.8 Å². The van der Waals surface area contributed by atoms with E-state index in [-0.39, 0.29) is 44.4 Å². The molecule has 35 heavy (non-hydrogen) atoms. The second-order valence-corrected chi connectivity index (χ2v) is 9.49. The summed E-state index contributed by atoms with van der Waals surface area (Å²) in [4.78, 5) is 9.43. The van der Waals surface area contributed by atoms with Crippen molar-refractivity contribution in [2.24, 2.45) is 4.99 Å². The summed E-state index contributed by atoms with van der Waals surface area (Å²) in [5.74, 6) is 1.64. The maximum absolute atomic E-state index is 10.1. The molecule has 0 amide bonds. The van der Waals surface area contributed by atoms with Crippen molar-refractivity contribution in [2.45, 2.75) is 44.2 Å². The first-order chi connectivity index (χ1) is 16.5. The van der Waals surface area contributed by atoms with E-state index in [1.807, 2.05) is 30.3 Å². The zero-order chi connectivity index (χ0) is 23.3. The van der Waals surface area contributed by atoms with E-state index in [2.05, 4.69) is 49.2 Å². The number of phenolic OH excluding ortho intramolecular Hbond substituents is 1. The smallest absolute Gasteiger partial charge is 0.217 e. The number of ether oxygens (including phenoxy) is 2. The standard InChI is InChI=1S/C29H25N2O3.Pt/c1-29(2)22-11-4-3-7-18(22)13-15-23-27(29)34-28(30-23)20-9-5-10-21(17-20)33-25-16-14-19-8-6-12-24(32)26(19)31-25;/h3-12,14,16,23,27,32H,13,15H2,1-2H3;/q-1;/t23-,27-;/m0./s1. The molecule has 6 heteroatoms. The molecule has 0 radical (unpaired) electrons. The molecule has 0 fully saturated rings. The Balaban J connectivity index is 0.00000253. The third-order valence-corrected chi connectivity index (χ3v) is 6.89. The van der Waals surface area contributed by atoms with E-state index in [9.17, 15) is 5.11 Å². The van der Waals surface area contributed by atoms with Gasteiger partial charge in [0.2, 0.25) is 5.88 Å². The SMILES string of the molecule is CC1(C)c2ccccc2CC[C@@H]2N=C(c3[c-]c(Oc4ccc5cccc(O)c5n4)ccc3)O[C@@H]21.[Pt]. The third kappa shape index (κ3) is 4.23. The fourth-order valence-electron chi connectivity index (χ4n) is 5.16. The predicted octanol–water partition coefficient (Wildman–Crippen LogP) is 5.97. The van der Waals surface area contributed by atoms with Crippen LogP contribution in [0.3, 0.4) is 0 Å². The summed E-state index contributed by atoms with van der Waals surface area (Å²) in [6.07, 6.45) is 1.91. The number of phenols is 1. The topological polar surface area (TPSA) is 63.9 Å². The summed E-state index contributed by atoms with van der Waals surface area (Å²) in [5.41, 5.74) is 3.83. The number of rotatable bonds is 3. The van der Waals surface area contributed by atoms with Gasteiger partial charge >= 0.3 is 0 Å². The van der Waals surface area contributed by atoms with Gasteiger partial charge in [-0.2, -0.15) is 0 Å². The molecular weight excluding hydrogens is 619 g/mol. The van der Waals surface area contributed by atoms with Crippen molar-refractivity contribution < 1.29 is 35.6 Å². The Bertz CT molecular complexity index is 1430. The Morgan fingerprint density at radius 1 is 1.00 bits per heavy atom. The van der Waals surface area contributed by atoms with E-state index in [1.54, 1.807) is 18.2 Å². The maximum atomic E-state index is 10.1. The number of benzene rings is 3. The van der Waals surface area contributed by atoms with E-state index in [0.29, 0.717) is 23.0 Å². The Morgan fingerprint density at radius 3 is 2.71 bits per heavy atom. The van der Waals surface area contributed by atoms with Gasteiger partial charge in [-0.05, 0) is 36.1 Å². The summed E-state index contributed by atoms with van der Waals surface area (Å²) < 4.78 is 12.5. The molecule has 3 aromatic carbocycles. The molecule has 0 spiro atoms. The van der Waals surface area contributed by atoms with E-state index < -0.39 is 0 Å². The van der Waals surface area contributed by atoms with Gasteiger partial charge in [0.1, 0.15) is 23.3 Å². The van der Waals surface area contributed by atoms with Crippen LogP contribution in [0, 0.1) is 6.07 Å². The van der Waals surface area contributed by atoms with E-state index >= 15 is 0 Å². The van der Waals surface area contributed by atoms with Crippen molar-refractivity contribution in [2.75, 3.05) is 0 Å². The van der Waals surface area contributed by atoms with Gasteiger partial charge in [0.15, 0.2) is 0 Å². The molecule has 2 aliphatic rings. The van der Waals surface area contributed by atoms with Crippen LogP contribution in [0.5, 0.6) is 17.4 Å². The summed E-state index contributed by atoms with van der Waals surface area (Å²) in [5, 5.41) is 11.0. The average molecular weight is 645 g/mol. The Labute approximate surface area is 219 Å². The van der Waals surface area contributed by atoms with Crippen molar-refractivity contribution in [3.63, 3.8) is 0 Å². The Hall–Kier alpha value is -3.17. The van der Waals surface area contributed by atoms with Gasteiger partial charge in [-0.25, -0.2) is 4.98 Å². The van der Waals surface area contributed by atoms with Crippen molar-refractivity contribution in [3.05, 3.63) is 95.6 Å². The van der Waals surface area contributed by atoms with Crippen LogP contribution in [0.15, 0.2) is 77.8 Å². The number of nitrogens with zero attached hydrogens (tertiary/aromatic N) is 2. The van der Waals surface area contributed by atoms with Crippen LogP contribution in [0.2, 0.25) is 0 Å². The molecule has 180 valence electrons. The zero-order valence-corrected chi connectivity index (χ0v) is 21.7. The quantitative estimate of drug-likeness (QED) is 0.280. The number of aryl methyl sites for hydroxylation is 1. The third-order valence-electron chi connectivity index (χ3n) is 6.89. The molecule has 2 atom stereocenters. The van der Waals surface area contributed by atoms with Gasteiger partial charge < -0.3 is 14.6 Å². The van der Waals surface area contributed by atoms with Crippen LogP contribution in [-0.4, -0.2) is 28.1 Å².